The summed E-state index contributed by atoms with van der Waals surface area (Å²) in [6.45, 7) is 3.57. The summed E-state index contributed by atoms with van der Waals surface area (Å²) in [6.07, 6.45) is 0. The number of aryl methyl sites for hydroxylation is 1. The summed E-state index contributed by atoms with van der Waals surface area (Å²) in [7, 11) is -3.95. The van der Waals surface area contributed by atoms with Crippen LogP contribution in [0.15, 0.2) is 33.8 Å². The van der Waals surface area contributed by atoms with Crippen molar-refractivity contribution < 1.29 is 22.7 Å². The third-order valence-corrected chi connectivity index (χ3v) is 4.02. The van der Waals surface area contributed by atoms with E-state index < -0.39 is 21.0 Å². The second-order valence-electron chi connectivity index (χ2n) is 3.87. The van der Waals surface area contributed by atoms with Gasteiger partial charge < -0.3 is 9.63 Å². The van der Waals surface area contributed by atoms with E-state index >= 15 is 0 Å². The van der Waals surface area contributed by atoms with Gasteiger partial charge in [0.15, 0.2) is 5.95 Å². The van der Waals surface area contributed by atoms with Gasteiger partial charge >= 0.3 is 15.0 Å². The highest BCUT2D eigenvalue weighted by Gasteiger charge is 2.33. The molecule has 0 saturated heterocycles. The van der Waals surface area contributed by atoms with Gasteiger partial charge in [-0.2, -0.15) is 0 Å². The molecular formula is C11H13N3O4S. The fourth-order valence-electron chi connectivity index (χ4n) is 1.68. The second kappa shape index (κ2) is 4.98. The van der Waals surface area contributed by atoms with Gasteiger partial charge in [-0.1, -0.05) is 25.1 Å². The number of para-hydroxylation sites is 1. The molecule has 0 bridgehead atoms. The van der Waals surface area contributed by atoms with Crippen molar-refractivity contribution in [3.8, 4) is 11.6 Å². The highest BCUT2D eigenvalue weighted by molar-refractivity contribution is 7.89. The van der Waals surface area contributed by atoms with Crippen LogP contribution in [-0.4, -0.2) is 20.2 Å². The first-order valence-electron chi connectivity index (χ1n) is 5.62. The van der Waals surface area contributed by atoms with Gasteiger partial charge in [0, 0.05) is 18.2 Å². The van der Waals surface area contributed by atoms with Crippen molar-refractivity contribution in [1.82, 2.24) is 9.99 Å². The molecule has 1 N–H and O–H groups in total. The van der Waals surface area contributed by atoms with E-state index in [-0.39, 0.29) is 6.54 Å². The Balaban J connectivity index is 2.66. The van der Waals surface area contributed by atoms with Crippen molar-refractivity contribution in [3.05, 3.63) is 29.8 Å². The number of nitrogens with one attached hydrogen (secondary N) is 1. The van der Waals surface area contributed by atoms with Gasteiger partial charge in [-0.25, -0.2) is 13.1 Å². The standard InChI is InChI=1S/C11H13N3O4S/c1-3-12-19(16,17)10-11(15)18-13-14(10)9-7-5-4-6-8(9)2/h4-7,12H,3H2,1-2H3. The number of benzene rings is 1. The normalized spacial score (nSPS) is 11.7. The van der Waals surface area contributed by atoms with Crippen molar-refractivity contribution in [2.75, 3.05) is 6.54 Å². The van der Waals surface area contributed by atoms with Gasteiger partial charge in [0.25, 0.3) is 0 Å². The van der Waals surface area contributed by atoms with E-state index in [1.807, 2.05) is 0 Å². The average Bonchev–Trinajstić information content (AvgIpc) is 2.72. The van der Waals surface area contributed by atoms with E-state index in [4.69, 9.17) is 0 Å². The average molecular weight is 283 g/mol. The summed E-state index contributed by atoms with van der Waals surface area (Å²) in [5.74, 6) is -0.996. The first-order valence-corrected chi connectivity index (χ1v) is 7.10. The van der Waals surface area contributed by atoms with Crippen LogP contribution in [0.25, 0.3) is 5.69 Å². The summed E-state index contributed by atoms with van der Waals surface area (Å²) in [4.78, 5) is 0. The van der Waals surface area contributed by atoms with E-state index in [0.29, 0.717) is 5.69 Å². The largest absolute Gasteiger partial charge is 0.538 e. The number of nitrogens with zero attached hydrogens (tertiary/aromatic N) is 2. The molecule has 2 aromatic rings. The van der Waals surface area contributed by atoms with Crippen LogP contribution in [0.2, 0.25) is 0 Å². The van der Waals surface area contributed by atoms with Crippen LogP contribution in [0.5, 0.6) is 5.95 Å². The van der Waals surface area contributed by atoms with Gasteiger partial charge in [-0.05, 0) is 11.6 Å². The fourth-order valence-corrected chi connectivity index (χ4v) is 2.81. The molecule has 0 atom stereocenters. The van der Waals surface area contributed by atoms with E-state index in [9.17, 15) is 13.5 Å². The molecule has 0 spiro atoms. The minimum absolute atomic E-state index is 0.167. The highest BCUT2D eigenvalue weighted by Crippen LogP contribution is 2.17. The molecule has 0 saturated carbocycles. The molecule has 0 aliphatic carbocycles. The quantitative estimate of drug-likeness (QED) is 0.772. The molecule has 1 aromatic heterocycles. The maximum atomic E-state index is 12.0. The first-order chi connectivity index (χ1) is 8.97. The molecule has 0 radical (unpaired) electrons. The Bertz CT molecular complexity index is 694. The van der Waals surface area contributed by atoms with Gasteiger partial charge in [0.2, 0.25) is 5.69 Å². The van der Waals surface area contributed by atoms with Gasteiger partial charge in [-0.3, -0.25) is 0 Å². The van der Waals surface area contributed by atoms with Gasteiger partial charge in [-0.15, -0.1) is 0 Å². The molecule has 0 unspecified atom stereocenters. The topological polar surface area (TPSA) is 99.1 Å². The molecule has 0 fully saturated rings. The Morgan fingerprint density at radius 1 is 1.42 bits per heavy atom. The number of rotatable bonds is 4. The van der Waals surface area contributed by atoms with Crippen LogP contribution in [0.1, 0.15) is 12.5 Å². The predicted molar refractivity (Wildman–Crippen MR) is 63.1 cm³/mol. The lowest BCUT2D eigenvalue weighted by Crippen LogP contribution is -2.42. The summed E-state index contributed by atoms with van der Waals surface area (Å²) in [5.41, 5.74) is 1.25. The molecule has 0 amide bonds. The minimum atomic E-state index is -3.95. The Morgan fingerprint density at radius 3 is 2.74 bits per heavy atom. The predicted octanol–water partition coefficient (Wildman–Crippen LogP) is -0.368. The zero-order chi connectivity index (χ0) is 14.0. The maximum absolute atomic E-state index is 12.0. The third-order valence-electron chi connectivity index (χ3n) is 2.50. The van der Waals surface area contributed by atoms with Crippen molar-refractivity contribution in [1.29, 1.82) is 0 Å². The number of hydrogen-bond donors (Lipinski definition) is 1. The van der Waals surface area contributed by atoms with E-state index in [1.165, 1.54) is 0 Å². The number of hydrogen-bond acceptors (Lipinski definition) is 5. The van der Waals surface area contributed by atoms with E-state index in [1.54, 1.807) is 38.1 Å². The van der Waals surface area contributed by atoms with Crippen LogP contribution < -0.4 is 14.5 Å². The Hall–Kier alpha value is -1.93. The van der Waals surface area contributed by atoms with Crippen LogP contribution in [0.3, 0.4) is 0 Å². The Labute approximate surface area is 110 Å². The lowest BCUT2D eigenvalue weighted by Gasteiger charge is -2.01. The number of aromatic nitrogens is 2. The molecule has 0 aliphatic rings. The molecule has 8 heteroatoms. The van der Waals surface area contributed by atoms with Crippen molar-refractivity contribution in [3.63, 3.8) is 0 Å². The van der Waals surface area contributed by atoms with Crippen LogP contribution in [0, 0.1) is 6.92 Å². The van der Waals surface area contributed by atoms with E-state index in [2.05, 4.69) is 14.5 Å². The van der Waals surface area contributed by atoms with Crippen LogP contribution >= 0.6 is 0 Å². The Morgan fingerprint density at radius 2 is 2.11 bits per heavy atom. The maximum Gasteiger partial charge on any atom is 0.368 e. The zero-order valence-corrected chi connectivity index (χ0v) is 11.3. The monoisotopic (exact) mass is 283 g/mol. The SMILES string of the molecule is CCNS(=O)(=O)c1c([O-])on[n+]1-c1ccccc1C. The minimum Gasteiger partial charge on any atom is -0.538 e. The summed E-state index contributed by atoms with van der Waals surface area (Å²) >= 11 is 0. The lowest BCUT2D eigenvalue weighted by atomic mass is 10.2. The fraction of sp³-hybridized carbons (Fsp3) is 0.273. The lowest BCUT2D eigenvalue weighted by molar-refractivity contribution is -0.706. The van der Waals surface area contributed by atoms with Crippen molar-refractivity contribution in [2.24, 2.45) is 0 Å². The second-order valence-corrected chi connectivity index (χ2v) is 5.55. The molecular weight excluding hydrogens is 270 g/mol. The smallest absolute Gasteiger partial charge is 0.368 e. The van der Waals surface area contributed by atoms with E-state index in [0.717, 1.165) is 10.2 Å². The first kappa shape index (κ1) is 13.5. The highest BCUT2D eigenvalue weighted by atomic mass is 32.2. The molecule has 102 valence electrons. The molecule has 1 heterocycles. The Kier molecular flexibility index (Phi) is 3.54. The summed E-state index contributed by atoms with van der Waals surface area (Å²) in [5, 5.41) is 14.6. The van der Waals surface area contributed by atoms with Crippen molar-refractivity contribution >= 4 is 10.0 Å². The molecule has 7 nitrogen and oxygen atoms in total. The summed E-state index contributed by atoms with van der Waals surface area (Å²) in [6, 6.07) is 6.96. The molecule has 19 heavy (non-hydrogen) atoms. The molecule has 0 aliphatic heterocycles. The number of sulfonamides is 1. The van der Waals surface area contributed by atoms with Gasteiger partial charge in [0.05, 0.1) is 5.27 Å². The van der Waals surface area contributed by atoms with Crippen molar-refractivity contribution in [2.45, 2.75) is 18.9 Å². The van der Waals surface area contributed by atoms with Crippen LogP contribution in [0.4, 0.5) is 0 Å². The van der Waals surface area contributed by atoms with Crippen LogP contribution in [-0.2, 0) is 10.0 Å². The zero-order valence-electron chi connectivity index (χ0n) is 10.5. The van der Waals surface area contributed by atoms with Gasteiger partial charge in [0.1, 0.15) is 0 Å². The third kappa shape index (κ3) is 2.45. The molecule has 1 aromatic carbocycles. The molecule has 2 rings (SSSR count). The summed E-state index contributed by atoms with van der Waals surface area (Å²) < 4.78 is 31.7.